The van der Waals surface area contributed by atoms with Gasteiger partial charge in [-0.2, -0.15) is 5.26 Å². The fourth-order valence-electron chi connectivity index (χ4n) is 1.56. The van der Waals surface area contributed by atoms with Crippen LogP contribution in [-0.4, -0.2) is 24.3 Å². The zero-order valence-electron chi connectivity index (χ0n) is 8.65. The molecule has 1 unspecified atom stereocenters. The predicted molar refractivity (Wildman–Crippen MR) is 61.1 cm³/mol. The van der Waals surface area contributed by atoms with Gasteiger partial charge in [0.05, 0.1) is 6.61 Å². The predicted octanol–water partition coefficient (Wildman–Crippen LogP) is 2.27. The number of hydrogen-bond acceptors (Lipinski definition) is 4. The van der Waals surface area contributed by atoms with Gasteiger partial charge < -0.3 is 9.47 Å². The van der Waals surface area contributed by atoms with Crippen LogP contribution in [0.2, 0.25) is 0 Å². The molecular formula is C11H11BrN2O2. The third kappa shape index (κ3) is 2.71. The molecule has 4 nitrogen and oxygen atoms in total. The summed E-state index contributed by atoms with van der Waals surface area (Å²) >= 11 is 3.27. The van der Waals surface area contributed by atoms with E-state index in [0.29, 0.717) is 18.1 Å². The molecule has 1 aromatic heterocycles. The lowest BCUT2D eigenvalue weighted by Gasteiger charge is -2.22. The molecule has 0 aliphatic carbocycles. The summed E-state index contributed by atoms with van der Waals surface area (Å²) in [6, 6.07) is 3.77. The summed E-state index contributed by atoms with van der Waals surface area (Å²) < 4.78 is 11.7. The van der Waals surface area contributed by atoms with E-state index >= 15 is 0 Å². The van der Waals surface area contributed by atoms with Crippen molar-refractivity contribution in [3.63, 3.8) is 0 Å². The van der Waals surface area contributed by atoms with E-state index in [4.69, 9.17) is 14.7 Å². The van der Waals surface area contributed by atoms with Gasteiger partial charge in [0.25, 0.3) is 0 Å². The Morgan fingerprint density at radius 2 is 2.50 bits per heavy atom. The van der Waals surface area contributed by atoms with Crippen molar-refractivity contribution in [3.05, 3.63) is 22.3 Å². The molecule has 0 aromatic carbocycles. The number of hydrogen-bond donors (Lipinski definition) is 0. The van der Waals surface area contributed by atoms with Gasteiger partial charge in [0.1, 0.15) is 17.7 Å². The molecule has 1 aliphatic rings. The zero-order chi connectivity index (χ0) is 11.4. The van der Waals surface area contributed by atoms with Crippen LogP contribution in [0.1, 0.15) is 18.4 Å². The van der Waals surface area contributed by atoms with Gasteiger partial charge in [-0.05, 0) is 34.8 Å². The van der Waals surface area contributed by atoms with Crippen molar-refractivity contribution in [2.45, 2.75) is 18.9 Å². The number of nitriles is 1. The molecule has 0 N–H and O–H groups in total. The van der Waals surface area contributed by atoms with E-state index in [1.165, 1.54) is 0 Å². The Hall–Kier alpha value is -1.12. The van der Waals surface area contributed by atoms with Crippen LogP contribution in [0.15, 0.2) is 16.7 Å². The van der Waals surface area contributed by atoms with Crippen LogP contribution in [0.4, 0.5) is 0 Å². The molecule has 0 radical (unpaired) electrons. The number of halogens is 1. The highest BCUT2D eigenvalue weighted by molar-refractivity contribution is 9.10. The van der Waals surface area contributed by atoms with Gasteiger partial charge in [-0.1, -0.05) is 0 Å². The Labute approximate surface area is 102 Å². The molecule has 1 atom stereocenters. The van der Waals surface area contributed by atoms with Crippen LogP contribution in [0.3, 0.4) is 0 Å². The Balaban J connectivity index is 2.11. The maximum Gasteiger partial charge on any atom is 0.232 e. The highest BCUT2D eigenvalue weighted by atomic mass is 79.9. The molecule has 0 amide bonds. The number of ether oxygens (including phenoxy) is 2. The molecular weight excluding hydrogens is 272 g/mol. The van der Waals surface area contributed by atoms with Gasteiger partial charge in [0.15, 0.2) is 0 Å². The van der Waals surface area contributed by atoms with Crippen LogP contribution in [0, 0.1) is 11.3 Å². The number of aromatic nitrogens is 1. The normalized spacial score (nSPS) is 20.1. The van der Waals surface area contributed by atoms with Gasteiger partial charge in [0.2, 0.25) is 5.88 Å². The molecule has 16 heavy (non-hydrogen) atoms. The van der Waals surface area contributed by atoms with Gasteiger partial charge in [-0.25, -0.2) is 4.98 Å². The van der Waals surface area contributed by atoms with E-state index in [9.17, 15) is 0 Å². The van der Waals surface area contributed by atoms with Gasteiger partial charge in [-0.15, -0.1) is 0 Å². The highest BCUT2D eigenvalue weighted by Gasteiger charge is 2.17. The minimum atomic E-state index is 0.00882. The lowest BCUT2D eigenvalue weighted by atomic mass is 10.2. The fraction of sp³-hybridized carbons (Fsp3) is 0.455. The smallest absolute Gasteiger partial charge is 0.232 e. The maximum atomic E-state index is 8.95. The molecule has 1 fully saturated rings. The first-order chi connectivity index (χ1) is 7.79. The van der Waals surface area contributed by atoms with Crippen molar-refractivity contribution in [2.75, 3.05) is 13.2 Å². The van der Waals surface area contributed by atoms with E-state index in [1.807, 2.05) is 0 Å². The SMILES string of the molecule is N#Cc1cc(Br)cnc1OC1CCCOC1. The quantitative estimate of drug-likeness (QED) is 0.835. The number of nitrogens with zero attached hydrogens (tertiary/aromatic N) is 2. The highest BCUT2D eigenvalue weighted by Crippen LogP contribution is 2.22. The second kappa shape index (κ2) is 5.28. The van der Waals surface area contributed by atoms with E-state index in [0.717, 1.165) is 23.9 Å². The second-order valence-corrected chi connectivity index (χ2v) is 4.49. The fourth-order valence-corrected chi connectivity index (χ4v) is 1.89. The molecule has 2 heterocycles. The third-order valence-electron chi connectivity index (χ3n) is 2.34. The molecule has 0 spiro atoms. The lowest BCUT2D eigenvalue weighted by Crippen LogP contribution is -2.28. The van der Waals surface area contributed by atoms with Crippen LogP contribution < -0.4 is 4.74 Å². The first-order valence-corrected chi connectivity index (χ1v) is 5.89. The zero-order valence-corrected chi connectivity index (χ0v) is 10.2. The minimum Gasteiger partial charge on any atom is -0.471 e. The maximum absolute atomic E-state index is 8.95. The summed E-state index contributed by atoms with van der Waals surface area (Å²) in [5, 5.41) is 8.95. The summed E-state index contributed by atoms with van der Waals surface area (Å²) in [7, 11) is 0. The molecule has 5 heteroatoms. The van der Waals surface area contributed by atoms with Crippen molar-refractivity contribution in [1.29, 1.82) is 5.26 Å². The van der Waals surface area contributed by atoms with Crippen LogP contribution in [0.25, 0.3) is 0 Å². The van der Waals surface area contributed by atoms with Crippen molar-refractivity contribution in [2.24, 2.45) is 0 Å². The Morgan fingerprint density at radius 1 is 1.62 bits per heavy atom. The summed E-state index contributed by atoms with van der Waals surface area (Å²) in [4.78, 5) is 4.10. The van der Waals surface area contributed by atoms with Crippen molar-refractivity contribution < 1.29 is 9.47 Å². The van der Waals surface area contributed by atoms with Crippen molar-refractivity contribution in [3.8, 4) is 11.9 Å². The number of rotatable bonds is 2. The van der Waals surface area contributed by atoms with Crippen LogP contribution >= 0.6 is 15.9 Å². The second-order valence-electron chi connectivity index (χ2n) is 3.58. The molecule has 1 saturated heterocycles. The van der Waals surface area contributed by atoms with Crippen molar-refractivity contribution in [1.82, 2.24) is 4.98 Å². The summed E-state index contributed by atoms with van der Waals surface area (Å²) in [6.45, 7) is 1.36. The molecule has 1 aromatic rings. The molecule has 1 aliphatic heterocycles. The standard InChI is InChI=1S/C11H11BrN2O2/c12-9-4-8(5-13)11(14-6-9)16-10-2-1-3-15-7-10/h4,6,10H,1-3,7H2. The topological polar surface area (TPSA) is 55.1 Å². The monoisotopic (exact) mass is 282 g/mol. The lowest BCUT2D eigenvalue weighted by molar-refractivity contribution is 0.00536. The first kappa shape index (κ1) is 11.4. The first-order valence-electron chi connectivity index (χ1n) is 5.09. The van der Waals surface area contributed by atoms with Crippen molar-refractivity contribution >= 4 is 15.9 Å². The average molecular weight is 283 g/mol. The molecule has 2 rings (SSSR count). The van der Waals surface area contributed by atoms with Gasteiger partial charge in [0, 0.05) is 17.3 Å². The van der Waals surface area contributed by atoms with Crippen LogP contribution in [-0.2, 0) is 4.74 Å². The Kier molecular flexibility index (Phi) is 3.75. The summed E-state index contributed by atoms with van der Waals surface area (Å²) in [5.41, 5.74) is 0.444. The summed E-state index contributed by atoms with van der Waals surface area (Å²) in [5.74, 6) is 0.390. The molecule has 84 valence electrons. The average Bonchev–Trinajstić information content (AvgIpc) is 2.33. The Morgan fingerprint density at radius 3 is 3.19 bits per heavy atom. The molecule has 0 saturated carbocycles. The van der Waals surface area contributed by atoms with E-state index in [2.05, 4.69) is 27.0 Å². The minimum absolute atomic E-state index is 0.00882. The van der Waals surface area contributed by atoms with E-state index in [-0.39, 0.29) is 6.10 Å². The van der Waals surface area contributed by atoms with Gasteiger partial charge >= 0.3 is 0 Å². The van der Waals surface area contributed by atoms with Crippen LogP contribution in [0.5, 0.6) is 5.88 Å². The van der Waals surface area contributed by atoms with E-state index < -0.39 is 0 Å². The largest absolute Gasteiger partial charge is 0.471 e. The van der Waals surface area contributed by atoms with Gasteiger partial charge in [-0.3, -0.25) is 0 Å². The molecule has 0 bridgehead atoms. The Bertz CT molecular complexity index is 411. The third-order valence-corrected chi connectivity index (χ3v) is 2.77. The summed E-state index contributed by atoms with van der Waals surface area (Å²) in [6.07, 6.45) is 3.57. The van der Waals surface area contributed by atoms with E-state index in [1.54, 1.807) is 12.3 Å². The number of pyridine rings is 1.